The van der Waals surface area contributed by atoms with E-state index in [1.807, 2.05) is 31.3 Å². The standard InChI is InChI=1S/C26H22N4O/c1-16-11-13-20-21-14-12-17(2)28-26(21)31-24(20)23(16)30-18(3)29(19-8-5-4-6-9-19)22-10-7-15-27-25(22)30/h4-15,18H,1-3H3. The second kappa shape index (κ2) is 6.57. The van der Waals surface area contributed by atoms with E-state index in [2.05, 4.69) is 77.2 Å². The molecule has 6 rings (SSSR count). The van der Waals surface area contributed by atoms with E-state index < -0.39 is 0 Å². The van der Waals surface area contributed by atoms with Gasteiger partial charge in [-0.15, -0.1) is 0 Å². The molecule has 0 saturated carbocycles. The van der Waals surface area contributed by atoms with Crippen molar-refractivity contribution < 1.29 is 4.42 Å². The van der Waals surface area contributed by atoms with Crippen LogP contribution in [-0.4, -0.2) is 16.1 Å². The predicted molar refractivity (Wildman–Crippen MR) is 125 cm³/mol. The van der Waals surface area contributed by atoms with Crippen molar-refractivity contribution in [3.8, 4) is 0 Å². The summed E-state index contributed by atoms with van der Waals surface area (Å²) in [7, 11) is 0. The van der Waals surface area contributed by atoms with E-state index in [0.29, 0.717) is 5.71 Å². The quantitative estimate of drug-likeness (QED) is 0.329. The number of aromatic nitrogens is 2. The zero-order valence-electron chi connectivity index (χ0n) is 17.7. The predicted octanol–water partition coefficient (Wildman–Crippen LogP) is 6.63. The molecule has 1 aliphatic rings. The Bertz CT molecular complexity index is 1440. The molecule has 0 radical (unpaired) electrons. The first-order valence-corrected chi connectivity index (χ1v) is 10.5. The maximum Gasteiger partial charge on any atom is 0.227 e. The third-order valence-electron chi connectivity index (χ3n) is 6.10. The van der Waals surface area contributed by atoms with Crippen LogP contribution in [0.4, 0.5) is 22.9 Å². The number of anilines is 4. The molecule has 5 aromatic rings. The summed E-state index contributed by atoms with van der Waals surface area (Å²) in [6, 6.07) is 23.0. The molecule has 2 aromatic carbocycles. The van der Waals surface area contributed by atoms with Crippen molar-refractivity contribution in [3.05, 3.63) is 84.2 Å². The molecule has 0 fully saturated rings. The van der Waals surface area contributed by atoms with Gasteiger partial charge in [-0.3, -0.25) is 4.90 Å². The summed E-state index contributed by atoms with van der Waals surface area (Å²) >= 11 is 0. The van der Waals surface area contributed by atoms with E-state index in [1.54, 1.807) is 0 Å². The lowest BCUT2D eigenvalue weighted by Gasteiger charge is -2.30. The number of para-hydroxylation sites is 1. The largest absolute Gasteiger partial charge is 0.435 e. The number of fused-ring (bicyclic) bond motifs is 4. The molecule has 1 unspecified atom stereocenters. The fourth-order valence-corrected chi connectivity index (χ4v) is 4.69. The fraction of sp³-hybridized carbons (Fsp3) is 0.154. The zero-order chi connectivity index (χ0) is 21.1. The lowest BCUT2D eigenvalue weighted by Crippen LogP contribution is -2.35. The number of benzene rings is 2. The summed E-state index contributed by atoms with van der Waals surface area (Å²) in [5.41, 5.74) is 6.88. The van der Waals surface area contributed by atoms with E-state index in [4.69, 9.17) is 9.40 Å². The molecule has 0 spiro atoms. The van der Waals surface area contributed by atoms with Gasteiger partial charge in [-0.05, 0) is 62.7 Å². The van der Waals surface area contributed by atoms with Gasteiger partial charge in [-0.1, -0.05) is 30.3 Å². The van der Waals surface area contributed by atoms with Gasteiger partial charge in [0, 0.05) is 28.4 Å². The molecule has 0 aliphatic carbocycles. The molecular formula is C26H22N4O. The number of pyridine rings is 2. The van der Waals surface area contributed by atoms with Crippen LogP contribution in [0.15, 0.2) is 77.3 Å². The average molecular weight is 406 g/mol. The minimum absolute atomic E-state index is 0.0273. The highest BCUT2D eigenvalue weighted by molar-refractivity contribution is 6.10. The third kappa shape index (κ3) is 2.56. The maximum absolute atomic E-state index is 6.36. The van der Waals surface area contributed by atoms with Gasteiger partial charge in [0.1, 0.15) is 6.17 Å². The maximum atomic E-state index is 6.36. The van der Waals surface area contributed by atoms with Crippen LogP contribution in [0.1, 0.15) is 18.2 Å². The molecule has 31 heavy (non-hydrogen) atoms. The van der Waals surface area contributed by atoms with Gasteiger partial charge in [0.25, 0.3) is 0 Å². The first-order valence-electron chi connectivity index (χ1n) is 10.5. The van der Waals surface area contributed by atoms with E-state index in [-0.39, 0.29) is 6.17 Å². The lowest BCUT2D eigenvalue weighted by molar-refractivity contribution is 0.647. The van der Waals surface area contributed by atoms with Crippen LogP contribution in [0.3, 0.4) is 0 Å². The number of nitrogens with zero attached hydrogens (tertiary/aromatic N) is 4. The average Bonchev–Trinajstić information content (AvgIpc) is 3.28. The Morgan fingerprint density at radius 1 is 0.839 bits per heavy atom. The van der Waals surface area contributed by atoms with Gasteiger partial charge in [-0.25, -0.2) is 9.97 Å². The molecule has 0 saturated heterocycles. The Balaban J connectivity index is 1.62. The molecule has 0 amide bonds. The summed E-state index contributed by atoms with van der Waals surface area (Å²) in [6.45, 7) is 6.32. The van der Waals surface area contributed by atoms with Crippen molar-refractivity contribution >= 4 is 44.9 Å². The highest BCUT2D eigenvalue weighted by Gasteiger charge is 2.38. The van der Waals surface area contributed by atoms with Gasteiger partial charge in [0.15, 0.2) is 11.4 Å². The Kier molecular flexibility index (Phi) is 3.81. The summed E-state index contributed by atoms with van der Waals surface area (Å²) in [5, 5.41) is 2.11. The van der Waals surface area contributed by atoms with Crippen molar-refractivity contribution in [3.63, 3.8) is 0 Å². The van der Waals surface area contributed by atoms with Crippen LogP contribution < -0.4 is 9.80 Å². The monoisotopic (exact) mass is 406 g/mol. The molecule has 1 aliphatic heterocycles. The van der Waals surface area contributed by atoms with Crippen LogP contribution in [0, 0.1) is 13.8 Å². The van der Waals surface area contributed by atoms with Gasteiger partial charge in [-0.2, -0.15) is 0 Å². The fourth-order valence-electron chi connectivity index (χ4n) is 4.69. The molecule has 0 N–H and O–H groups in total. The molecule has 152 valence electrons. The Hall–Kier alpha value is -3.86. The number of aryl methyl sites for hydroxylation is 2. The van der Waals surface area contributed by atoms with Gasteiger partial charge >= 0.3 is 0 Å². The Morgan fingerprint density at radius 2 is 1.65 bits per heavy atom. The second-order valence-electron chi connectivity index (χ2n) is 8.07. The van der Waals surface area contributed by atoms with E-state index in [1.165, 1.54) is 0 Å². The van der Waals surface area contributed by atoms with Crippen molar-refractivity contribution in [1.29, 1.82) is 0 Å². The Labute approximate surface area is 180 Å². The van der Waals surface area contributed by atoms with Gasteiger partial charge in [0.05, 0.1) is 11.4 Å². The smallest absolute Gasteiger partial charge is 0.227 e. The first kappa shape index (κ1) is 18.0. The summed E-state index contributed by atoms with van der Waals surface area (Å²) < 4.78 is 6.36. The number of hydrogen-bond donors (Lipinski definition) is 0. The van der Waals surface area contributed by atoms with Gasteiger partial charge in [0.2, 0.25) is 5.71 Å². The molecule has 3 aromatic heterocycles. The number of furan rings is 1. The highest BCUT2D eigenvalue weighted by Crippen LogP contribution is 2.49. The molecule has 5 nitrogen and oxygen atoms in total. The molecule has 4 heterocycles. The zero-order valence-corrected chi connectivity index (χ0v) is 17.7. The van der Waals surface area contributed by atoms with Crippen LogP contribution in [0.2, 0.25) is 0 Å². The first-order chi connectivity index (χ1) is 15.1. The normalized spacial score (nSPS) is 15.8. The summed E-state index contributed by atoms with van der Waals surface area (Å²) in [4.78, 5) is 14.0. The van der Waals surface area contributed by atoms with E-state index in [9.17, 15) is 0 Å². The summed E-state index contributed by atoms with van der Waals surface area (Å²) in [6.07, 6.45) is 1.88. The Morgan fingerprint density at radius 3 is 2.48 bits per heavy atom. The van der Waals surface area contributed by atoms with Crippen LogP contribution in [0.5, 0.6) is 0 Å². The second-order valence-corrected chi connectivity index (χ2v) is 8.07. The molecular weight excluding hydrogens is 384 g/mol. The third-order valence-corrected chi connectivity index (χ3v) is 6.10. The highest BCUT2D eigenvalue weighted by atomic mass is 16.3. The summed E-state index contributed by atoms with van der Waals surface area (Å²) in [5.74, 6) is 0.930. The van der Waals surface area contributed by atoms with Crippen LogP contribution >= 0.6 is 0 Å². The van der Waals surface area contributed by atoms with Crippen LogP contribution in [0.25, 0.3) is 22.1 Å². The molecule has 1 atom stereocenters. The van der Waals surface area contributed by atoms with Crippen molar-refractivity contribution in [1.82, 2.24) is 9.97 Å². The van der Waals surface area contributed by atoms with Crippen molar-refractivity contribution in [2.24, 2.45) is 0 Å². The lowest BCUT2D eigenvalue weighted by atomic mass is 10.1. The minimum atomic E-state index is 0.0273. The van der Waals surface area contributed by atoms with Crippen molar-refractivity contribution in [2.45, 2.75) is 26.9 Å². The number of hydrogen-bond acceptors (Lipinski definition) is 5. The van der Waals surface area contributed by atoms with Crippen molar-refractivity contribution in [2.75, 3.05) is 9.80 Å². The minimum Gasteiger partial charge on any atom is -0.435 e. The molecule has 5 heteroatoms. The molecule has 0 bridgehead atoms. The SMILES string of the molecule is Cc1ccc2c(n1)oc1c(N3c4ncccc4N(c4ccccc4)C3C)c(C)ccc12. The van der Waals surface area contributed by atoms with E-state index in [0.717, 1.165) is 50.5 Å². The van der Waals surface area contributed by atoms with Gasteiger partial charge < -0.3 is 9.32 Å². The topological polar surface area (TPSA) is 45.4 Å². The number of rotatable bonds is 2. The van der Waals surface area contributed by atoms with Crippen LogP contribution in [-0.2, 0) is 0 Å². The van der Waals surface area contributed by atoms with E-state index >= 15 is 0 Å².